The van der Waals surface area contributed by atoms with Crippen LogP contribution >= 0.6 is 15.9 Å². The molecule has 0 aromatic heterocycles. The number of sulfonamides is 1. The second-order valence-electron chi connectivity index (χ2n) is 5.19. The molecule has 0 saturated carbocycles. The molecular formula is C16H13BrN2O4S. The number of halogens is 1. The minimum absolute atomic E-state index is 0.0117. The van der Waals surface area contributed by atoms with E-state index in [1.165, 1.54) is 12.1 Å². The molecule has 0 unspecified atom stereocenters. The van der Waals surface area contributed by atoms with Crippen LogP contribution in [0.15, 0.2) is 57.9 Å². The number of hydrogen-bond acceptors (Lipinski definition) is 4. The normalized spacial score (nSPS) is 15.2. The molecule has 2 aromatic rings. The third-order valence-electron chi connectivity index (χ3n) is 3.56. The summed E-state index contributed by atoms with van der Waals surface area (Å²) in [5, 5.41) is 2.67. The number of fused-ring (bicyclic) bond motifs is 1. The number of hydrogen-bond donors (Lipinski definition) is 1. The second-order valence-corrected chi connectivity index (χ2v) is 7.93. The van der Waals surface area contributed by atoms with E-state index >= 15 is 0 Å². The first-order valence-electron chi connectivity index (χ1n) is 7.11. The maximum absolute atomic E-state index is 12.4. The lowest BCUT2D eigenvalue weighted by Crippen LogP contribution is -2.33. The monoisotopic (exact) mass is 408 g/mol. The Morgan fingerprint density at radius 3 is 2.58 bits per heavy atom. The summed E-state index contributed by atoms with van der Waals surface area (Å²) in [5.74, 6) is -0.965. The van der Waals surface area contributed by atoms with Crippen molar-refractivity contribution in [3.63, 3.8) is 0 Å². The van der Waals surface area contributed by atoms with Crippen LogP contribution in [-0.4, -0.2) is 31.1 Å². The third-order valence-corrected chi connectivity index (χ3v) is 5.90. The highest BCUT2D eigenvalue weighted by Gasteiger charge is 2.40. The Kier molecular flexibility index (Phi) is 4.42. The molecule has 124 valence electrons. The van der Waals surface area contributed by atoms with Crippen molar-refractivity contribution < 1.29 is 18.0 Å². The largest absolute Gasteiger partial charge is 0.326 e. The summed E-state index contributed by atoms with van der Waals surface area (Å²) < 4.78 is 26.3. The van der Waals surface area contributed by atoms with Crippen LogP contribution in [0.5, 0.6) is 0 Å². The first kappa shape index (κ1) is 16.7. The van der Waals surface area contributed by atoms with E-state index in [-0.39, 0.29) is 29.3 Å². The molecule has 0 spiro atoms. The first-order valence-corrected chi connectivity index (χ1v) is 9.34. The minimum Gasteiger partial charge on any atom is -0.326 e. The van der Waals surface area contributed by atoms with Crippen LogP contribution in [0.4, 0.5) is 5.69 Å². The van der Waals surface area contributed by atoms with Gasteiger partial charge in [-0.25, -0.2) is 12.7 Å². The fourth-order valence-corrected chi connectivity index (χ4v) is 4.41. The summed E-state index contributed by atoms with van der Waals surface area (Å²) in [4.78, 5) is 24.2. The molecule has 24 heavy (non-hydrogen) atoms. The standard InChI is InChI=1S/C16H13BrN2O4S/c17-11-4-3-5-12(10-11)18-15(20)8-9-19-16(21)13-6-1-2-7-14(13)24(19,22)23/h1-7,10H,8-9H2,(H,18,20). The third kappa shape index (κ3) is 3.07. The van der Waals surface area contributed by atoms with Crippen molar-refractivity contribution in [1.29, 1.82) is 0 Å². The number of benzene rings is 2. The second kappa shape index (κ2) is 6.37. The highest BCUT2D eigenvalue weighted by molar-refractivity contribution is 9.10. The van der Waals surface area contributed by atoms with Crippen LogP contribution in [0, 0.1) is 0 Å². The molecule has 0 fully saturated rings. The van der Waals surface area contributed by atoms with Gasteiger partial charge in [-0.1, -0.05) is 34.1 Å². The summed E-state index contributed by atoms with van der Waals surface area (Å²) in [5.41, 5.74) is 0.734. The Morgan fingerprint density at radius 1 is 1.12 bits per heavy atom. The highest BCUT2D eigenvalue weighted by atomic mass is 79.9. The number of rotatable bonds is 4. The Bertz CT molecular complexity index is 927. The summed E-state index contributed by atoms with van der Waals surface area (Å²) in [6.07, 6.45) is -0.120. The average molecular weight is 409 g/mol. The Hall–Kier alpha value is -2.19. The van der Waals surface area contributed by atoms with Gasteiger partial charge in [0.1, 0.15) is 4.90 Å². The van der Waals surface area contributed by atoms with Gasteiger partial charge in [0.25, 0.3) is 15.9 Å². The van der Waals surface area contributed by atoms with Gasteiger partial charge < -0.3 is 5.32 Å². The first-order chi connectivity index (χ1) is 11.4. The van der Waals surface area contributed by atoms with E-state index in [0.717, 1.165) is 8.78 Å². The van der Waals surface area contributed by atoms with Crippen LogP contribution in [0.2, 0.25) is 0 Å². The molecule has 0 bridgehead atoms. The topological polar surface area (TPSA) is 83.6 Å². The van der Waals surface area contributed by atoms with E-state index in [1.54, 1.807) is 30.3 Å². The van der Waals surface area contributed by atoms with E-state index in [4.69, 9.17) is 0 Å². The number of amides is 2. The van der Waals surface area contributed by atoms with Gasteiger partial charge in [-0.3, -0.25) is 9.59 Å². The lowest BCUT2D eigenvalue weighted by molar-refractivity contribution is -0.116. The molecule has 2 aromatic carbocycles. The van der Waals surface area contributed by atoms with Crippen molar-refractivity contribution in [1.82, 2.24) is 4.31 Å². The molecule has 1 aliphatic rings. The van der Waals surface area contributed by atoms with Gasteiger partial charge >= 0.3 is 0 Å². The smallest absolute Gasteiger partial charge is 0.269 e. The fourth-order valence-electron chi connectivity index (χ4n) is 2.45. The average Bonchev–Trinajstić information content (AvgIpc) is 2.73. The quantitative estimate of drug-likeness (QED) is 0.842. The minimum atomic E-state index is -3.87. The van der Waals surface area contributed by atoms with Crippen molar-refractivity contribution in [2.45, 2.75) is 11.3 Å². The number of carbonyl (C=O) groups excluding carboxylic acids is 2. The van der Waals surface area contributed by atoms with Gasteiger partial charge in [-0.15, -0.1) is 0 Å². The Labute approximate surface area is 147 Å². The molecule has 1 N–H and O–H groups in total. The summed E-state index contributed by atoms with van der Waals surface area (Å²) in [6, 6.07) is 13.1. The predicted octanol–water partition coefficient (Wildman–Crippen LogP) is 2.62. The number of nitrogens with one attached hydrogen (secondary N) is 1. The van der Waals surface area contributed by atoms with E-state index in [0.29, 0.717) is 5.69 Å². The van der Waals surface area contributed by atoms with Gasteiger partial charge in [0.2, 0.25) is 5.91 Å². The molecular weight excluding hydrogens is 396 g/mol. The van der Waals surface area contributed by atoms with Crippen LogP contribution in [0.1, 0.15) is 16.8 Å². The van der Waals surface area contributed by atoms with Gasteiger partial charge in [0.05, 0.1) is 5.56 Å². The van der Waals surface area contributed by atoms with Gasteiger partial charge in [0.15, 0.2) is 0 Å². The number of anilines is 1. The SMILES string of the molecule is O=C(CCN1C(=O)c2ccccc2S1(=O)=O)Nc1cccc(Br)c1. The fraction of sp³-hybridized carbons (Fsp3) is 0.125. The Morgan fingerprint density at radius 2 is 1.88 bits per heavy atom. The number of carbonyl (C=O) groups is 2. The maximum Gasteiger partial charge on any atom is 0.269 e. The molecule has 0 radical (unpaired) electrons. The van der Waals surface area contributed by atoms with Crippen LogP contribution in [0.3, 0.4) is 0 Å². The van der Waals surface area contributed by atoms with E-state index < -0.39 is 15.9 Å². The molecule has 2 amide bonds. The number of nitrogens with zero attached hydrogens (tertiary/aromatic N) is 1. The van der Waals surface area contributed by atoms with Crippen LogP contribution < -0.4 is 5.32 Å². The van der Waals surface area contributed by atoms with Crippen molar-refractivity contribution in [2.75, 3.05) is 11.9 Å². The van der Waals surface area contributed by atoms with Crippen LogP contribution in [-0.2, 0) is 14.8 Å². The van der Waals surface area contributed by atoms with Crippen molar-refractivity contribution >= 4 is 43.5 Å². The molecule has 1 heterocycles. The lowest BCUT2D eigenvalue weighted by Gasteiger charge is -2.14. The summed E-state index contributed by atoms with van der Waals surface area (Å²) >= 11 is 3.30. The Balaban J connectivity index is 1.69. The van der Waals surface area contributed by atoms with Gasteiger partial charge in [-0.05, 0) is 30.3 Å². The van der Waals surface area contributed by atoms with Gasteiger partial charge in [-0.2, -0.15) is 0 Å². The predicted molar refractivity (Wildman–Crippen MR) is 92.1 cm³/mol. The van der Waals surface area contributed by atoms with E-state index in [2.05, 4.69) is 21.2 Å². The van der Waals surface area contributed by atoms with Crippen molar-refractivity contribution in [2.24, 2.45) is 0 Å². The molecule has 8 heteroatoms. The maximum atomic E-state index is 12.4. The zero-order valence-electron chi connectivity index (χ0n) is 12.4. The molecule has 1 aliphatic heterocycles. The van der Waals surface area contributed by atoms with E-state index in [9.17, 15) is 18.0 Å². The van der Waals surface area contributed by atoms with E-state index in [1.807, 2.05) is 6.07 Å². The molecule has 3 rings (SSSR count). The van der Waals surface area contributed by atoms with Crippen molar-refractivity contribution in [3.8, 4) is 0 Å². The zero-order valence-corrected chi connectivity index (χ0v) is 14.8. The molecule has 6 nitrogen and oxygen atoms in total. The summed E-state index contributed by atoms with van der Waals surface area (Å²) in [6.45, 7) is -0.199. The lowest BCUT2D eigenvalue weighted by atomic mass is 10.2. The van der Waals surface area contributed by atoms with Gasteiger partial charge in [0, 0.05) is 23.1 Å². The zero-order chi connectivity index (χ0) is 17.3. The van der Waals surface area contributed by atoms with Crippen LogP contribution in [0.25, 0.3) is 0 Å². The summed E-state index contributed by atoms with van der Waals surface area (Å²) in [7, 11) is -3.87. The highest BCUT2D eigenvalue weighted by Crippen LogP contribution is 2.29. The molecule has 0 aliphatic carbocycles. The molecule has 0 saturated heterocycles. The van der Waals surface area contributed by atoms with Crippen molar-refractivity contribution in [3.05, 3.63) is 58.6 Å². The molecule has 0 atom stereocenters.